The summed E-state index contributed by atoms with van der Waals surface area (Å²) in [5, 5.41) is 11.1. The molecule has 162 valence electrons. The largest absolute Gasteiger partial charge is 0.375 e. The van der Waals surface area contributed by atoms with E-state index in [2.05, 4.69) is 42.3 Å². The van der Waals surface area contributed by atoms with Gasteiger partial charge in [0, 0.05) is 25.5 Å². The van der Waals surface area contributed by atoms with Crippen molar-refractivity contribution in [3.8, 4) is 5.69 Å². The molecule has 0 spiro atoms. The molecular formula is C22H28N8O. The van der Waals surface area contributed by atoms with Crippen molar-refractivity contribution in [3.63, 3.8) is 0 Å². The van der Waals surface area contributed by atoms with Crippen molar-refractivity contribution in [1.29, 1.82) is 0 Å². The quantitative estimate of drug-likeness (QED) is 0.549. The summed E-state index contributed by atoms with van der Waals surface area (Å²) in [5.41, 5.74) is 2.96. The van der Waals surface area contributed by atoms with E-state index < -0.39 is 0 Å². The molecule has 2 atom stereocenters. The smallest absolute Gasteiger partial charge is 0.225 e. The third-order valence-electron chi connectivity index (χ3n) is 6.51. The molecule has 0 radical (unpaired) electrons. The molecule has 1 aliphatic heterocycles. The van der Waals surface area contributed by atoms with Crippen LogP contribution in [0.3, 0.4) is 0 Å². The van der Waals surface area contributed by atoms with Gasteiger partial charge in [-0.3, -0.25) is 4.98 Å². The molecule has 0 N–H and O–H groups in total. The van der Waals surface area contributed by atoms with Gasteiger partial charge >= 0.3 is 0 Å². The van der Waals surface area contributed by atoms with Gasteiger partial charge in [0.2, 0.25) is 5.95 Å². The molecule has 2 unspecified atom stereocenters. The maximum atomic E-state index is 5.97. The van der Waals surface area contributed by atoms with Gasteiger partial charge in [0.15, 0.2) is 0 Å². The van der Waals surface area contributed by atoms with Gasteiger partial charge < -0.3 is 9.64 Å². The summed E-state index contributed by atoms with van der Waals surface area (Å²) in [4.78, 5) is 15.9. The Morgan fingerprint density at radius 3 is 2.58 bits per heavy atom. The lowest BCUT2D eigenvalue weighted by atomic mass is 9.91. The van der Waals surface area contributed by atoms with Crippen molar-refractivity contribution in [3.05, 3.63) is 48.3 Å². The lowest BCUT2D eigenvalue weighted by Crippen LogP contribution is -2.35. The first kappa shape index (κ1) is 20.0. The van der Waals surface area contributed by atoms with E-state index >= 15 is 0 Å². The molecular weight excluding hydrogens is 392 g/mol. The molecule has 3 aromatic rings. The second kappa shape index (κ2) is 9.05. The Hall–Kier alpha value is -2.94. The summed E-state index contributed by atoms with van der Waals surface area (Å²) in [6, 6.07) is 3.92. The van der Waals surface area contributed by atoms with Crippen LogP contribution in [0.4, 0.5) is 5.95 Å². The zero-order valence-electron chi connectivity index (χ0n) is 17.8. The normalized spacial score (nSPS) is 21.4. The molecule has 0 bridgehead atoms. The first-order valence-corrected chi connectivity index (χ1v) is 11.1. The minimum absolute atomic E-state index is 0.544. The van der Waals surface area contributed by atoms with Crippen molar-refractivity contribution in [1.82, 2.24) is 35.2 Å². The van der Waals surface area contributed by atoms with Crippen molar-refractivity contribution in [2.45, 2.75) is 39.2 Å². The Morgan fingerprint density at radius 2 is 1.90 bits per heavy atom. The van der Waals surface area contributed by atoms with Gasteiger partial charge in [-0.05, 0) is 71.6 Å². The summed E-state index contributed by atoms with van der Waals surface area (Å²) in [6.07, 6.45) is 11.9. The van der Waals surface area contributed by atoms with Crippen LogP contribution in [0.25, 0.3) is 5.69 Å². The second-order valence-electron chi connectivity index (χ2n) is 8.51. The highest BCUT2D eigenvalue weighted by Gasteiger charge is 2.43. The van der Waals surface area contributed by atoms with Crippen LogP contribution in [0.2, 0.25) is 0 Å². The van der Waals surface area contributed by atoms with Crippen LogP contribution in [0, 0.1) is 17.8 Å². The van der Waals surface area contributed by atoms with Gasteiger partial charge in [0.05, 0.1) is 30.8 Å². The molecule has 0 aromatic carbocycles. The molecule has 1 saturated carbocycles. The molecule has 31 heavy (non-hydrogen) atoms. The monoisotopic (exact) mass is 420 g/mol. The molecule has 4 heterocycles. The van der Waals surface area contributed by atoms with Gasteiger partial charge in [-0.2, -0.15) is 4.68 Å². The fraction of sp³-hybridized carbons (Fsp3) is 0.545. The number of aromatic nitrogens is 7. The van der Waals surface area contributed by atoms with Crippen LogP contribution in [0.1, 0.15) is 37.4 Å². The third-order valence-corrected chi connectivity index (χ3v) is 6.51. The number of ether oxygens (including phenoxy) is 1. The number of pyridine rings is 1. The predicted octanol–water partition coefficient (Wildman–Crippen LogP) is 2.48. The molecule has 5 rings (SSSR count). The molecule has 9 nitrogen and oxygen atoms in total. The van der Waals surface area contributed by atoms with Crippen molar-refractivity contribution < 1.29 is 4.74 Å². The highest BCUT2D eigenvalue weighted by atomic mass is 16.5. The molecule has 0 amide bonds. The third kappa shape index (κ3) is 4.71. The Labute approximate surface area is 181 Å². The van der Waals surface area contributed by atoms with E-state index in [9.17, 15) is 0 Å². The van der Waals surface area contributed by atoms with Gasteiger partial charge in [0.1, 0.15) is 6.33 Å². The van der Waals surface area contributed by atoms with E-state index in [0.717, 1.165) is 55.3 Å². The van der Waals surface area contributed by atoms with Crippen LogP contribution >= 0.6 is 0 Å². The van der Waals surface area contributed by atoms with E-state index in [1.54, 1.807) is 17.2 Å². The van der Waals surface area contributed by atoms with Gasteiger partial charge in [-0.1, -0.05) is 6.92 Å². The summed E-state index contributed by atoms with van der Waals surface area (Å²) >= 11 is 0. The van der Waals surface area contributed by atoms with Crippen LogP contribution < -0.4 is 4.90 Å². The number of tetrazole rings is 1. The summed E-state index contributed by atoms with van der Waals surface area (Å²) in [6.45, 7) is 5.60. The van der Waals surface area contributed by atoms with Crippen LogP contribution in [-0.2, 0) is 17.8 Å². The first-order valence-electron chi connectivity index (χ1n) is 11.1. The molecule has 9 heteroatoms. The number of nitrogens with zero attached hydrogens (tertiary/aromatic N) is 8. The van der Waals surface area contributed by atoms with Gasteiger partial charge in [0.25, 0.3) is 0 Å². The minimum atomic E-state index is 0.544. The molecule has 3 aromatic heterocycles. The van der Waals surface area contributed by atoms with Crippen molar-refractivity contribution >= 4 is 5.95 Å². The standard InChI is InChI=1S/C22H28N8O/c1-2-16-10-24-22(25-11-16)29-7-5-17(6-8-29)21-9-18(21)13-31-14-19-3-4-20(12-23-19)30-15-26-27-28-30/h3-4,10-12,15,17-18,21H,2,5-9,13-14H2,1H3. The topological polar surface area (TPSA) is 94.7 Å². The zero-order chi connectivity index (χ0) is 21.0. The van der Waals surface area contributed by atoms with Crippen LogP contribution in [0.5, 0.6) is 0 Å². The summed E-state index contributed by atoms with van der Waals surface area (Å²) in [7, 11) is 0. The van der Waals surface area contributed by atoms with Crippen LogP contribution in [0.15, 0.2) is 37.1 Å². The average molecular weight is 421 g/mol. The van der Waals surface area contributed by atoms with E-state index in [4.69, 9.17) is 4.74 Å². The van der Waals surface area contributed by atoms with Crippen molar-refractivity contribution in [2.24, 2.45) is 17.8 Å². The first-order chi connectivity index (χ1) is 15.3. The minimum Gasteiger partial charge on any atom is -0.375 e. The Bertz CT molecular complexity index is 952. The van der Waals surface area contributed by atoms with E-state index in [1.807, 2.05) is 24.5 Å². The number of anilines is 1. The maximum absolute atomic E-state index is 5.97. The van der Waals surface area contributed by atoms with E-state index in [1.165, 1.54) is 24.8 Å². The van der Waals surface area contributed by atoms with Gasteiger partial charge in [-0.25, -0.2) is 9.97 Å². The summed E-state index contributed by atoms with van der Waals surface area (Å²) < 4.78 is 7.55. The van der Waals surface area contributed by atoms with Crippen LogP contribution in [-0.4, -0.2) is 54.9 Å². The fourth-order valence-corrected chi connectivity index (χ4v) is 4.49. The second-order valence-corrected chi connectivity index (χ2v) is 8.51. The number of hydrogen-bond acceptors (Lipinski definition) is 8. The number of hydrogen-bond donors (Lipinski definition) is 0. The van der Waals surface area contributed by atoms with E-state index in [-0.39, 0.29) is 0 Å². The summed E-state index contributed by atoms with van der Waals surface area (Å²) in [5.74, 6) is 3.18. The maximum Gasteiger partial charge on any atom is 0.225 e. The highest BCUT2D eigenvalue weighted by Crippen LogP contribution is 2.48. The average Bonchev–Trinajstić information content (AvgIpc) is 3.38. The lowest BCUT2D eigenvalue weighted by Gasteiger charge is -2.32. The van der Waals surface area contributed by atoms with E-state index in [0.29, 0.717) is 12.5 Å². The molecule has 1 aliphatic carbocycles. The highest BCUT2D eigenvalue weighted by molar-refractivity contribution is 5.30. The number of rotatable bonds is 8. The number of piperidine rings is 1. The SMILES string of the molecule is CCc1cnc(N2CCC(C3CC3COCc3ccc(-n4cnnn4)cn3)CC2)nc1. The lowest BCUT2D eigenvalue weighted by molar-refractivity contribution is 0.102. The number of aryl methyl sites for hydroxylation is 1. The molecule has 2 aliphatic rings. The molecule has 2 fully saturated rings. The fourth-order valence-electron chi connectivity index (χ4n) is 4.49. The van der Waals surface area contributed by atoms with Gasteiger partial charge in [-0.15, -0.1) is 5.10 Å². The Balaban J connectivity index is 1.03. The predicted molar refractivity (Wildman–Crippen MR) is 115 cm³/mol. The van der Waals surface area contributed by atoms with Crippen molar-refractivity contribution in [2.75, 3.05) is 24.6 Å². The Kier molecular flexibility index (Phi) is 5.84. The molecule has 1 saturated heterocycles. The zero-order valence-corrected chi connectivity index (χ0v) is 17.8. The Morgan fingerprint density at radius 1 is 1.06 bits per heavy atom.